The Morgan fingerprint density at radius 3 is 2.29 bits per heavy atom. The van der Waals surface area contributed by atoms with Gasteiger partial charge in [0.15, 0.2) is 15.0 Å². The van der Waals surface area contributed by atoms with Crippen molar-refractivity contribution in [2.75, 3.05) is 37.3 Å². The van der Waals surface area contributed by atoms with Crippen molar-refractivity contribution in [2.24, 2.45) is 0 Å². The van der Waals surface area contributed by atoms with Crippen LogP contribution >= 0.6 is 23.7 Å². The number of carbonyl (C=O) groups excluding carboxylic acids is 1. The Hall–Kier alpha value is -2.21. The smallest absolute Gasteiger partial charge is 0.302 e. The highest BCUT2D eigenvalue weighted by Crippen LogP contribution is 2.34. The third-order valence-electron chi connectivity index (χ3n) is 5.22. The van der Waals surface area contributed by atoms with Crippen LogP contribution in [0.15, 0.2) is 47.4 Å². The summed E-state index contributed by atoms with van der Waals surface area (Å²) in [5, 5.41) is 0.232. The number of fused-ring (bicyclic) bond motifs is 1. The van der Waals surface area contributed by atoms with Gasteiger partial charge in [0.25, 0.3) is 5.91 Å². The summed E-state index contributed by atoms with van der Waals surface area (Å²) >= 11 is 1.12. The molecule has 1 heterocycles. The lowest BCUT2D eigenvalue weighted by molar-refractivity contribution is -0.137. The van der Waals surface area contributed by atoms with Crippen LogP contribution in [0.5, 0.6) is 0 Å². The van der Waals surface area contributed by atoms with E-state index in [0.717, 1.165) is 42.8 Å². The molecule has 6 nitrogen and oxygen atoms in total. The summed E-state index contributed by atoms with van der Waals surface area (Å²) in [6, 6.07) is 8.99. The molecule has 0 aliphatic carbocycles. The van der Waals surface area contributed by atoms with E-state index in [1.807, 2.05) is 13.8 Å². The minimum Gasteiger partial charge on any atom is -0.302 e. The summed E-state index contributed by atoms with van der Waals surface area (Å²) in [5.41, 5.74) is -0.794. The number of anilines is 1. The minimum atomic E-state index is -4.58. The van der Waals surface area contributed by atoms with Gasteiger partial charge in [-0.2, -0.15) is 13.2 Å². The van der Waals surface area contributed by atoms with Crippen molar-refractivity contribution in [3.8, 4) is 0 Å². The highest BCUT2D eigenvalue weighted by molar-refractivity contribution is 7.91. The van der Waals surface area contributed by atoms with Crippen molar-refractivity contribution in [2.45, 2.75) is 24.9 Å². The maximum atomic E-state index is 13.4. The maximum absolute atomic E-state index is 13.4. The molecule has 0 unspecified atom stereocenters. The number of amides is 1. The van der Waals surface area contributed by atoms with Gasteiger partial charge in [-0.15, -0.1) is 12.4 Å². The summed E-state index contributed by atoms with van der Waals surface area (Å²) < 4.78 is 64.5. The van der Waals surface area contributed by atoms with Crippen LogP contribution in [0.1, 0.15) is 29.8 Å². The number of nitrogens with zero attached hydrogens (tertiary/aromatic N) is 3. The van der Waals surface area contributed by atoms with E-state index in [1.165, 1.54) is 23.1 Å². The molecule has 34 heavy (non-hydrogen) atoms. The number of carbonyl (C=O) groups is 1. The predicted octanol–water partition coefficient (Wildman–Crippen LogP) is 5.13. The van der Waals surface area contributed by atoms with E-state index < -0.39 is 27.5 Å². The largest absolute Gasteiger partial charge is 0.416 e. The summed E-state index contributed by atoms with van der Waals surface area (Å²) in [6.07, 6.45) is -3.50. The van der Waals surface area contributed by atoms with Gasteiger partial charge in [-0.3, -0.25) is 9.69 Å². The summed E-state index contributed by atoms with van der Waals surface area (Å²) in [7, 11) is -3.56. The number of benzene rings is 2. The second-order valence-electron chi connectivity index (χ2n) is 7.43. The van der Waals surface area contributed by atoms with Crippen LogP contribution in [0.25, 0.3) is 10.2 Å². The molecule has 0 aliphatic rings. The lowest BCUT2D eigenvalue weighted by Crippen LogP contribution is -2.39. The molecule has 0 atom stereocenters. The molecule has 3 aromatic rings. The summed E-state index contributed by atoms with van der Waals surface area (Å²) in [6.45, 7) is 6.08. The number of hydrogen-bond donors (Lipinski definition) is 0. The van der Waals surface area contributed by atoms with E-state index in [9.17, 15) is 26.4 Å². The SMILES string of the molecule is CCN(CC)CCN(C(=O)c1cccc(C(F)(F)F)c1)c1nc2c(S(C)(=O)=O)cccc2s1.Cl. The number of sulfone groups is 1. The van der Waals surface area contributed by atoms with Gasteiger partial charge < -0.3 is 4.90 Å². The van der Waals surface area contributed by atoms with Gasteiger partial charge in [0.1, 0.15) is 5.52 Å². The molecule has 12 heteroatoms. The van der Waals surface area contributed by atoms with E-state index in [0.29, 0.717) is 11.2 Å². The lowest BCUT2D eigenvalue weighted by atomic mass is 10.1. The van der Waals surface area contributed by atoms with Crippen molar-refractivity contribution in [3.05, 3.63) is 53.6 Å². The highest BCUT2D eigenvalue weighted by Gasteiger charge is 2.32. The fourth-order valence-electron chi connectivity index (χ4n) is 3.38. The topological polar surface area (TPSA) is 70.6 Å². The molecule has 3 rings (SSSR count). The van der Waals surface area contributed by atoms with E-state index in [-0.39, 0.29) is 40.1 Å². The average Bonchev–Trinajstić information content (AvgIpc) is 3.19. The first-order valence-corrected chi connectivity index (χ1v) is 13.0. The average molecular weight is 536 g/mol. The van der Waals surface area contributed by atoms with Crippen LogP contribution < -0.4 is 4.90 Å². The summed E-state index contributed by atoms with van der Waals surface area (Å²) in [4.78, 5) is 21.2. The van der Waals surface area contributed by atoms with Crippen molar-refractivity contribution < 1.29 is 26.4 Å². The first-order valence-electron chi connectivity index (χ1n) is 10.3. The third-order valence-corrected chi connectivity index (χ3v) is 7.39. The van der Waals surface area contributed by atoms with Crippen LogP contribution in [-0.2, 0) is 16.0 Å². The standard InChI is InChI=1S/C22H24F3N3O3S2.ClH/c1-4-27(5-2)12-13-28(20(29)15-8-6-9-16(14-15)22(23,24)25)21-26-19-17(32-21)10-7-11-18(19)33(3,30)31;/h6-11,14H,4-5,12-13H2,1-3H3;1H. The van der Waals surface area contributed by atoms with Crippen LogP contribution in [0.3, 0.4) is 0 Å². The lowest BCUT2D eigenvalue weighted by Gasteiger charge is -2.25. The fraction of sp³-hybridized carbons (Fsp3) is 0.364. The zero-order valence-electron chi connectivity index (χ0n) is 18.8. The molecule has 0 saturated carbocycles. The van der Waals surface area contributed by atoms with Crippen molar-refractivity contribution in [1.29, 1.82) is 0 Å². The predicted molar refractivity (Wildman–Crippen MR) is 131 cm³/mol. The van der Waals surface area contributed by atoms with Crippen molar-refractivity contribution in [3.63, 3.8) is 0 Å². The van der Waals surface area contributed by atoms with Crippen molar-refractivity contribution >= 4 is 54.8 Å². The second kappa shape index (κ2) is 11.0. The molecule has 0 saturated heterocycles. The van der Waals surface area contributed by atoms with Crippen LogP contribution in [0.4, 0.5) is 18.3 Å². The molecule has 1 aromatic heterocycles. The van der Waals surface area contributed by atoms with E-state index in [2.05, 4.69) is 9.88 Å². The van der Waals surface area contributed by atoms with Crippen LogP contribution in [0.2, 0.25) is 0 Å². The van der Waals surface area contributed by atoms with E-state index >= 15 is 0 Å². The number of alkyl halides is 3. The Labute approximate surface area is 206 Å². The Bertz CT molecular complexity index is 1260. The minimum absolute atomic E-state index is 0. The number of hydrogen-bond acceptors (Lipinski definition) is 6. The monoisotopic (exact) mass is 535 g/mol. The van der Waals surface area contributed by atoms with Crippen molar-refractivity contribution in [1.82, 2.24) is 9.88 Å². The molecule has 0 aliphatic heterocycles. The molecule has 0 radical (unpaired) electrons. The zero-order valence-corrected chi connectivity index (χ0v) is 21.2. The van der Waals surface area contributed by atoms with Gasteiger partial charge in [-0.25, -0.2) is 13.4 Å². The number of rotatable bonds is 8. The number of para-hydroxylation sites is 1. The normalized spacial score (nSPS) is 12.1. The Kier molecular flexibility index (Phi) is 9.09. The molecule has 0 N–H and O–H groups in total. The number of likely N-dealkylation sites (N-methyl/N-ethyl adjacent to an activating group) is 1. The van der Waals surface area contributed by atoms with Crippen LogP contribution in [-0.4, -0.2) is 56.6 Å². The van der Waals surface area contributed by atoms with Crippen LogP contribution in [0, 0.1) is 0 Å². The Balaban J connectivity index is 0.00000408. The molecule has 1 amide bonds. The van der Waals surface area contributed by atoms with Gasteiger partial charge in [0.2, 0.25) is 0 Å². The Morgan fingerprint density at radius 2 is 1.71 bits per heavy atom. The second-order valence-corrected chi connectivity index (χ2v) is 10.4. The van der Waals surface area contributed by atoms with E-state index in [1.54, 1.807) is 12.1 Å². The molecule has 2 aromatic carbocycles. The maximum Gasteiger partial charge on any atom is 0.416 e. The number of halogens is 4. The first-order chi connectivity index (χ1) is 15.5. The van der Waals surface area contributed by atoms with Gasteiger partial charge in [-0.1, -0.05) is 37.3 Å². The summed E-state index contributed by atoms with van der Waals surface area (Å²) in [5.74, 6) is -0.631. The molecule has 0 fully saturated rings. The zero-order chi connectivity index (χ0) is 24.4. The Morgan fingerprint density at radius 1 is 1.06 bits per heavy atom. The molecule has 0 bridgehead atoms. The molecular formula is C22H25ClF3N3O3S2. The molecule has 186 valence electrons. The molecular weight excluding hydrogens is 511 g/mol. The number of thiazole rings is 1. The fourth-order valence-corrected chi connectivity index (χ4v) is 5.29. The first kappa shape index (κ1) is 28.0. The van der Waals surface area contributed by atoms with E-state index in [4.69, 9.17) is 0 Å². The van der Waals surface area contributed by atoms with Gasteiger partial charge in [-0.05, 0) is 43.4 Å². The highest BCUT2D eigenvalue weighted by atomic mass is 35.5. The third kappa shape index (κ3) is 6.26. The van der Waals surface area contributed by atoms with Gasteiger partial charge >= 0.3 is 6.18 Å². The number of aromatic nitrogens is 1. The quantitative estimate of drug-likeness (QED) is 0.400. The van der Waals surface area contributed by atoms with Gasteiger partial charge in [0, 0.05) is 24.9 Å². The van der Waals surface area contributed by atoms with Gasteiger partial charge in [0.05, 0.1) is 15.2 Å². The molecule has 0 spiro atoms.